The molecule has 31 heavy (non-hydrogen) atoms. The SMILES string of the molecule is N[C@@H](F)Cc1cccc(-c2cc(COc3ccccc3CC(=O)O)cc3ccoc23)c1. The Balaban J connectivity index is 1.65. The van der Waals surface area contributed by atoms with Crippen molar-refractivity contribution in [1.82, 2.24) is 0 Å². The largest absolute Gasteiger partial charge is 0.489 e. The van der Waals surface area contributed by atoms with Crippen LogP contribution in [0.15, 0.2) is 77.4 Å². The topological polar surface area (TPSA) is 85.7 Å². The van der Waals surface area contributed by atoms with Crippen molar-refractivity contribution in [3.8, 4) is 16.9 Å². The lowest BCUT2D eigenvalue weighted by molar-refractivity contribution is -0.136. The Morgan fingerprint density at radius 3 is 2.71 bits per heavy atom. The third kappa shape index (κ3) is 4.92. The molecule has 5 nitrogen and oxygen atoms in total. The lowest BCUT2D eigenvalue weighted by Crippen LogP contribution is -2.15. The number of carboxylic acids is 1. The van der Waals surface area contributed by atoms with Gasteiger partial charge in [0.25, 0.3) is 0 Å². The fraction of sp³-hybridized carbons (Fsp3) is 0.160. The van der Waals surface area contributed by atoms with Gasteiger partial charge in [-0.2, -0.15) is 0 Å². The van der Waals surface area contributed by atoms with E-state index in [1.165, 1.54) is 0 Å². The molecule has 3 N–H and O–H groups in total. The van der Waals surface area contributed by atoms with Gasteiger partial charge in [-0.25, -0.2) is 4.39 Å². The Morgan fingerprint density at radius 2 is 1.90 bits per heavy atom. The van der Waals surface area contributed by atoms with Crippen LogP contribution in [-0.4, -0.2) is 17.4 Å². The minimum Gasteiger partial charge on any atom is -0.489 e. The van der Waals surface area contributed by atoms with Gasteiger partial charge in [0.2, 0.25) is 0 Å². The number of benzene rings is 3. The van der Waals surface area contributed by atoms with E-state index in [1.54, 1.807) is 24.5 Å². The van der Waals surface area contributed by atoms with Crippen LogP contribution >= 0.6 is 0 Å². The number of halogens is 1. The van der Waals surface area contributed by atoms with Gasteiger partial charge in [0, 0.05) is 22.9 Å². The molecule has 1 atom stereocenters. The van der Waals surface area contributed by atoms with Crippen molar-refractivity contribution in [2.75, 3.05) is 0 Å². The molecule has 0 amide bonds. The molecule has 0 aliphatic carbocycles. The molecule has 1 heterocycles. The van der Waals surface area contributed by atoms with Gasteiger partial charge in [0.05, 0.1) is 12.7 Å². The first-order valence-electron chi connectivity index (χ1n) is 9.91. The Hall–Kier alpha value is -3.64. The zero-order valence-corrected chi connectivity index (χ0v) is 16.8. The van der Waals surface area contributed by atoms with E-state index in [1.807, 2.05) is 48.5 Å². The highest BCUT2D eigenvalue weighted by molar-refractivity contribution is 5.93. The van der Waals surface area contributed by atoms with Crippen LogP contribution < -0.4 is 10.5 Å². The minimum atomic E-state index is -1.41. The zero-order chi connectivity index (χ0) is 21.8. The van der Waals surface area contributed by atoms with Gasteiger partial charge in [-0.3, -0.25) is 4.79 Å². The monoisotopic (exact) mass is 419 g/mol. The molecular weight excluding hydrogens is 397 g/mol. The smallest absolute Gasteiger partial charge is 0.307 e. The van der Waals surface area contributed by atoms with Crippen LogP contribution in [-0.2, 0) is 24.2 Å². The molecule has 0 unspecified atom stereocenters. The molecule has 4 rings (SSSR count). The number of aliphatic carboxylic acids is 1. The maximum atomic E-state index is 13.3. The van der Waals surface area contributed by atoms with Gasteiger partial charge in [-0.15, -0.1) is 0 Å². The molecule has 158 valence electrons. The van der Waals surface area contributed by atoms with Crippen molar-refractivity contribution in [3.63, 3.8) is 0 Å². The Morgan fingerprint density at radius 1 is 1.06 bits per heavy atom. The molecule has 3 aromatic carbocycles. The number of nitrogens with two attached hydrogens (primary N) is 1. The molecule has 6 heteroatoms. The van der Waals surface area contributed by atoms with E-state index >= 15 is 0 Å². The van der Waals surface area contributed by atoms with Crippen LogP contribution in [0.3, 0.4) is 0 Å². The Labute approximate surface area is 178 Å². The van der Waals surface area contributed by atoms with Crippen molar-refractivity contribution >= 4 is 16.9 Å². The number of carbonyl (C=O) groups is 1. The number of furan rings is 1. The van der Waals surface area contributed by atoms with E-state index in [0.717, 1.165) is 33.2 Å². The summed E-state index contributed by atoms with van der Waals surface area (Å²) in [5.41, 5.74) is 10.1. The van der Waals surface area contributed by atoms with E-state index in [-0.39, 0.29) is 19.4 Å². The quantitative estimate of drug-likeness (QED) is 0.388. The van der Waals surface area contributed by atoms with Crippen molar-refractivity contribution < 1.29 is 23.4 Å². The summed E-state index contributed by atoms with van der Waals surface area (Å²) in [5, 5.41) is 10.0. The molecule has 0 spiro atoms. The number of para-hydroxylation sites is 1. The third-order valence-corrected chi connectivity index (χ3v) is 4.99. The Kier molecular flexibility index (Phi) is 6.00. The van der Waals surface area contributed by atoms with E-state index in [0.29, 0.717) is 11.3 Å². The van der Waals surface area contributed by atoms with Gasteiger partial charge >= 0.3 is 5.97 Å². The second-order valence-electron chi connectivity index (χ2n) is 7.37. The van der Waals surface area contributed by atoms with Crippen LogP contribution in [0.2, 0.25) is 0 Å². The van der Waals surface area contributed by atoms with Gasteiger partial charge in [-0.05, 0) is 41.0 Å². The van der Waals surface area contributed by atoms with Gasteiger partial charge < -0.3 is 20.0 Å². The lowest BCUT2D eigenvalue weighted by atomic mass is 9.98. The van der Waals surface area contributed by atoms with E-state index in [4.69, 9.17) is 20.0 Å². The van der Waals surface area contributed by atoms with Crippen molar-refractivity contribution in [3.05, 3.63) is 89.7 Å². The van der Waals surface area contributed by atoms with Crippen LogP contribution in [0.5, 0.6) is 5.75 Å². The first-order valence-corrected chi connectivity index (χ1v) is 9.91. The molecule has 0 saturated carbocycles. The summed E-state index contributed by atoms with van der Waals surface area (Å²) >= 11 is 0. The number of hydrogen-bond donors (Lipinski definition) is 2. The van der Waals surface area contributed by atoms with E-state index in [2.05, 4.69) is 0 Å². The van der Waals surface area contributed by atoms with Crippen LogP contribution in [0.1, 0.15) is 16.7 Å². The van der Waals surface area contributed by atoms with Crippen molar-refractivity contribution in [1.29, 1.82) is 0 Å². The number of fused-ring (bicyclic) bond motifs is 1. The van der Waals surface area contributed by atoms with Crippen LogP contribution in [0.25, 0.3) is 22.1 Å². The van der Waals surface area contributed by atoms with Gasteiger partial charge in [0.1, 0.15) is 17.9 Å². The summed E-state index contributed by atoms with van der Waals surface area (Å²) in [6.45, 7) is 0.264. The summed E-state index contributed by atoms with van der Waals surface area (Å²) in [6, 6.07) is 20.5. The molecule has 1 aromatic heterocycles. The number of hydrogen-bond acceptors (Lipinski definition) is 4. The molecular formula is C25H22FNO4. The summed E-state index contributed by atoms with van der Waals surface area (Å²) < 4.78 is 24.9. The van der Waals surface area contributed by atoms with Crippen LogP contribution in [0.4, 0.5) is 4.39 Å². The average Bonchev–Trinajstić information content (AvgIpc) is 3.20. The standard InChI is InChI=1S/C25H22FNO4/c26-23(27)13-16-4-3-6-18(10-16)21-12-17(11-20-8-9-30-25(20)21)15-31-22-7-2-1-5-19(22)14-24(28)29/h1-12,23H,13-15,27H2,(H,28,29)/t23-/m1/s1. The average molecular weight is 419 g/mol. The maximum absolute atomic E-state index is 13.3. The highest BCUT2D eigenvalue weighted by atomic mass is 19.1. The second kappa shape index (κ2) is 9.02. The van der Waals surface area contributed by atoms with E-state index in [9.17, 15) is 9.18 Å². The second-order valence-corrected chi connectivity index (χ2v) is 7.37. The molecule has 0 saturated heterocycles. The molecule has 0 fully saturated rings. The summed E-state index contributed by atoms with van der Waals surface area (Å²) in [7, 11) is 0. The first kappa shape index (κ1) is 20.6. The summed E-state index contributed by atoms with van der Waals surface area (Å²) in [6.07, 6.45) is 0.246. The minimum absolute atomic E-state index is 0.105. The molecule has 0 aliphatic heterocycles. The number of carboxylic acid groups (broad SMARTS) is 1. The maximum Gasteiger partial charge on any atom is 0.307 e. The molecule has 0 bridgehead atoms. The van der Waals surface area contributed by atoms with Crippen molar-refractivity contribution in [2.45, 2.75) is 25.7 Å². The number of alkyl halides is 1. The van der Waals surface area contributed by atoms with Gasteiger partial charge in [0.15, 0.2) is 6.30 Å². The van der Waals surface area contributed by atoms with Crippen molar-refractivity contribution in [2.24, 2.45) is 5.73 Å². The highest BCUT2D eigenvalue weighted by Crippen LogP contribution is 2.32. The fourth-order valence-electron chi connectivity index (χ4n) is 3.65. The predicted molar refractivity (Wildman–Crippen MR) is 117 cm³/mol. The fourth-order valence-corrected chi connectivity index (χ4v) is 3.65. The molecule has 0 radical (unpaired) electrons. The first-order chi connectivity index (χ1) is 15.0. The van der Waals surface area contributed by atoms with Crippen LogP contribution in [0, 0.1) is 0 Å². The zero-order valence-electron chi connectivity index (χ0n) is 16.8. The normalized spacial score (nSPS) is 12.1. The lowest BCUT2D eigenvalue weighted by Gasteiger charge is -2.12. The molecule has 0 aliphatic rings. The third-order valence-electron chi connectivity index (χ3n) is 4.99. The number of rotatable bonds is 8. The highest BCUT2D eigenvalue weighted by Gasteiger charge is 2.13. The predicted octanol–water partition coefficient (Wildman–Crippen LogP) is 5.10. The van der Waals surface area contributed by atoms with Gasteiger partial charge in [-0.1, -0.05) is 42.5 Å². The van der Waals surface area contributed by atoms with E-state index < -0.39 is 12.3 Å². The molecule has 4 aromatic rings. The summed E-state index contributed by atoms with van der Waals surface area (Å²) in [4.78, 5) is 11.1. The Bertz CT molecular complexity index is 1220. The summed E-state index contributed by atoms with van der Waals surface area (Å²) in [5.74, 6) is -0.372. The number of ether oxygens (including phenoxy) is 1.